The largest absolute Gasteiger partial charge is 0.405 e. The molecule has 1 aromatic heterocycles. The van der Waals surface area contributed by atoms with Crippen LogP contribution in [-0.2, 0) is 0 Å². The third kappa shape index (κ3) is 1.63. The van der Waals surface area contributed by atoms with E-state index in [4.69, 9.17) is 5.73 Å². The third-order valence-electron chi connectivity index (χ3n) is 1.47. The van der Waals surface area contributed by atoms with Crippen molar-refractivity contribution < 1.29 is 0 Å². The topological polar surface area (TPSA) is 58.9 Å². The molecule has 3 nitrogen and oxygen atoms in total. The molecule has 0 amide bonds. The van der Waals surface area contributed by atoms with E-state index in [-0.39, 0.29) is 5.56 Å². The first kappa shape index (κ1) is 8.33. The number of pyridine rings is 1. The summed E-state index contributed by atoms with van der Waals surface area (Å²) < 4.78 is 0. The van der Waals surface area contributed by atoms with Crippen LogP contribution in [0.4, 0.5) is 0 Å². The van der Waals surface area contributed by atoms with Gasteiger partial charge < -0.3 is 10.7 Å². The Morgan fingerprint density at radius 3 is 2.83 bits per heavy atom. The van der Waals surface area contributed by atoms with Gasteiger partial charge in [0, 0.05) is 11.8 Å². The van der Waals surface area contributed by atoms with Crippen LogP contribution in [0.25, 0.3) is 12.2 Å². The third-order valence-corrected chi connectivity index (χ3v) is 1.47. The quantitative estimate of drug-likeness (QED) is 0.680. The highest BCUT2D eigenvalue weighted by atomic mass is 16.1. The summed E-state index contributed by atoms with van der Waals surface area (Å²) in [6.45, 7) is 3.61. The number of aromatic amines is 1. The predicted octanol–water partition coefficient (Wildman–Crippen LogP) is 0.947. The number of hydrogen-bond acceptors (Lipinski definition) is 2. The molecular formula is C9H10N2O. The van der Waals surface area contributed by atoms with Gasteiger partial charge >= 0.3 is 0 Å². The van der Waals surface area contributed by atoms with Crippen molar-refractivity contribution in [2.45, 2.75) is 0 Å². The number of H-pyrrole nitrogens is 1. The summed E-state index contributed by atoms with van der Waals surface area (Å²) in [5, 5.41) is 0. The minimum atomic E-state index is -0.145. The molecule has 0 bridgehead atoms. The van der Waals surface area contributed by atoms with Crippen LogP contribution in [0.2, 0.25) is 0 Å². The van der Waals surface area contributed by atoms with Gasteiger partial charge in [-0.05, 0) is 23.9 Å². The molecule has 0 spiro atoms. The van der Waals surface area contributed by atoms with E-state index in [0.717, 1.165) is 5.56 Å². The van der Waals surface area contributed by atoms with Gasteiger partial charge in [-0.3, -0.25) is 4.79 Å². The first-order valence-electron chi connectivity index (χ1n) is 3.52. The van der Waals surface area contributed by atoms with Gasteiger partial charge in [0.1, 0.15) is 0 Å². The highest BCUT2D eigenvalue weighted by Crippen LogP contribution is 2.05. The average molecular weight is 162 g/mol. The molecule has 0 saturated carbocycles. The van der Waals surface area contributed by atoms with Crippen molar-refractivity contribution >= 4 is 12.2 Å². The van der Waals surface area contributed by atoms with Crippen LogP contribution in [0.15, 0.2) is 29.7 Å². The molecule has 0 unspecified atom stereocenters. The minimum Gasteiger partial charge on any atom is -0.405 e. The van der Waals surface area contributed by atoms with Crippen molar-refractivity contribution in [2.24, 2.45) is 5.73 Å². The average Bonchev–Trinajstić information content (AvgIpc) is 2.05. The van der Waals surface area contributed by atoms with Crippen LogP contribution in [-0.4, -0.2) is 4.98 Å². The second-order valence-electron chi connectivity index (χ2n) is 2.25. The van der Waals surface area contributed by atoms with E-state index in [1.165, 1.54) is 12.3 Å². The Kier molecular flexibility index (Phi) is 2.48. The molecule has 3 heteroatoms. The molecule has 12 heavy (non-hydrogen) atoms. The van der Waals surface area contributed by atoms with Crippen LogP contribution < -0.4 is 11.3 Å². The summed E-state index contributed by atoms with van der Waals surface area (Å²) in [6.07, 6.45) is 4.65. The van der Waals surface area contributed by atoms with Crippen molar-refractivity contribution in [1.82, 2.24) is 4.98 Å². The molecule has 0 aliphatic carbocycles. The van der Waals surface area contributed by atoms with Gasteiger partial charge in [-0.2, -0.15) is 0 Å². The van der Waals surface area contributed by atoms with E-state index in [1.54, 1.807) is 18.2 Å². The van der Waals surface area contributed by atoms with Crippen LogP contribution in [0.5, 0.6) is 0 Å². The summed E-state index contributed by atoms with van der Waals surface area (Å²) in [5.74, 6) is 0. The molecular weight excluding hydrogens is 152 g/mol. The lowest BCUT2D eigenvalue weighted by Crippen LogP contribution is -2.05. The summed E-state index contributed by atoms with van der Waals surface area (Å²) in [7, 11) is 0. The Morgan fingerprint density at radius 1 is 1.50 bits per heavy atom. The maximum Gasteiger partial charge on any atom is 0.248 e. The Balaban J connectivity index is 3.30. The lowest BCUT2D eigenvalue weighted by atomic mass is 10.2. The number of nitrogens with one attached hydrogen (secondary N) is 1. The highest BCUT2D eigenvalue weighted by molar-refractivity contribution is 5.60. The zero-order valence-corrected chi connectivity index (χ0v) is 6.58. The molecule has 62 valence electrons. The first-order valence-corrected chi connectivity index (χ1v) is 3.52. The van der Waals surface area contributed by atoms with E-state index in [9.17, 15) is 4.79 Å². The molecule has 1 heterocycles. The smallest absolute Gasteiger partial charge is 0.248 e. The number of hydrogen-bond donors (Lipinski definition) is 2. The highest BCUT2D eigenvalue weighted by Gasteiger charge is 1.94. The lowest BCUT2D eigenvalue weighted by Gasteiger charge is -1.97. The van der Waals surface area contributed by atoms with Crippen molar-refractivity contribution in [2.75, 3.05) is 0 Å². The molecule has 1 rings (SSSR count). The normalized spacial score (nSPS) is 10.3. The SMILES string of the molecule is C=Cc1ccc(=O)[nH]c1/C=C/N. The number of nitrogens with two attached hydrogens (primary N) is 1. The van der Waals surface area contributed by atoms with E-state index in [2.05, 4.69) is 11.6 Å². The summed E-state index contributed by atoms with van der Waals surface area (Å²) in [6, 6.07) is 3.14. The fourth-order valence-electron chi connectivity index (χ4n) is 0.914. The van der Waals surface area contributed by atoms with Crippen LogP contribution in [0.1, 0.15) is 11.3 Å². The molecule has 0 fully saturated rings. The second-order valence-corrected chi connectivity index (χ2v) is 2.25. The minimum absolute atomic E-state index is 0.145. The van der Waals surface area contributed by atoms with E-state index in [1.807, 2.05) is 0 Å². The molecule has 3 N–H and O–H groups in total. The predicted molar refractivity (Wildman–Crippen MR) is 50.4 cm³/mol. The standard InChI is InChI=1S/C9H10N2O/c1-2-7-3-4-9(12)11-8(7)5-6-10/h2-6H,1,10H2,(H,11,12)/b6-5+. The first-order chi connectivity index (χ1) is 5.77. The van der Waals surface area contributed by atoms with Crippen molar-refractivity contribution in [3.05, 3.63) is 46.5 Å². The van der Waals surface area contributed by atoms with Gasteiger partial charge in [-0.25, -0.2) is 0 Å². The Labute approximate surface area is 70.2 Å². The second kappa shape index (κ2) is 3.57. The monoisotopic (exact) mass is 162 g/mol. The van der Waals surface area contributed by atoms with Crippen LogP contribution in [0.3, 0.4) is 0 Å². The van der Waals surface area contributed by atoms with Gasteiger partial charge in [-0.15, -0.1) is 0 Å². The summed E-state index contributed by atoms with van der Waals surface area (Å²) in [4.78, 5) is 13.5. The maximum atomic E-state index is 10.9. The van der Waals surface area contributed by atoms with Crippen molar-refractivity contribution in [3.8, 4) is 0 Å². The van der Waals surface area contributed by atoms with Crippen LogP contribution >= 0.6 is 0 Å². The van der Waals surface area contributed by atoms with Crippen LogP contribution in [0, 0.1) is 0 Å². The Bertz CT molecular complexity index is 363. The van der Waals surface area contributed by atoms with Gasteiger partial charge in [-0.1, -0.05) is 12.7 Å². The molecule has 1 aromatic rings. The zero-order chi connectivity index (χ0) is 8.97. The fourth-order valence-corrected chi connectivity index (χ4v) is 0.914. The van der Waals surface area contributed by atoms with Crippen molar-refractivity contribution in [3.63, 3.8) is 0 Å². The molecule has 0 aliphatic rings. The number of rotatable bonds is 2. The summed E-state index contributed by atoms with van der Waals surface area (Å²) in [5.41, 5.74) is 6.59. The van der Waals surface area contributed by atoms with E-state index in [0.29, 0.717) is 5.69 Å². The molecule has 0 atom stereocenters. The molecule has 0 saturated heterocycles. The van der Waals surface area contributed by atoms with Gasteiger partial charge in [0.2, 0.25) is 5.56 Å². The molecule has 0 aliphatic heterocycles. The van der Waals surface area contributed by atoms with Gasteiger partial charge in [0.25, 0.3) is 0 Å². The fraction of sp³-hybridized carbons (Fsp3) is 0. The Hall–Kier alpha value is -1.77. The van der Waals surface area contributed by atoms with Crippen molar-refractivity contribution in [1.29, 1.82) is 0 Å². The van der Waals surface area contributed by atoms with Gasteiger partial charge in [0.05, 0.1) is 0 Å². The molecule has 0 aromatic carbocycles. The maximum absolute atomic E-state index is 10.9. The van der Waals surface area contributed by atoms with E-state index >= 15 is 0 Å². The van der Waals surface area contributed by atoms with E-state index < -0.39 is 0 Å². The zero-order valence-electron chi connectivity index (χ0n) is 6.58. The Morgan fingerprint density at radius 2 is 2.25 bits per heavy atom. The number of aromatic nitrogens is 1. The molecule has 0 radical (unpaired) electrons. The lowest BCUT2D eigenvalue weighted by molar-refractivity contribution is 1.20. The summed E-state index contributed by atoms with van der Waals surface area (Å²) >= 11 is 0. The van der Waals surface area contributed by atoms with Gasteiger partial charge in [0.15, 0.2) is 0 Å².